The molecule has 0 aliphatic carbocycles. The number of rotatable bonds is 4. The molecule has 0 spiro atoms. The molecule has 0 atom stereocenters. The highest BCUT2D eigenvalue weighted by Crippen LogP contribution is 2.40. The van der Waals surface area contributed by atoms with Crippen LogP contribution in [0.1, 0.15) is 0 Å². The molecule has 5 nitrogen and oxygen atoms in total. The van der Waals surface area contributed by atoms with Gasteiger partial charge in [0.05, 0.1) is 16.1 Å². The fourth-order valence-corrected chi connectivity index (χ4v) is 6.58. The van der Waals surface area contributed by atoms with Crippen LogP contribution in [0.3, 0.4) is 0 Å². The van der Waals surface area contributed by atoms with E-state index in [1.807, 2.05) is 72.8 Å². The van der Waals surface area contributed by atoms with Gasteiger partial charge < -0.3 is 8.98 Å². The fraction of sp³-hybridized carbons (Fsp3) is 0. The molecule has 6 aromatic carbocycles. The Morgan fingerprint density at radius 3 is 1.96 bits per heavy atom. The van der Waals surface area contributed by atoms with Gasteiger partial charge in [-0.25, -0.2) is 15.0 Å². The van der Waals surface area contributed by atoms with E-state index in [0.29, 0.717) is 22.5 Å². The van der Waals surface area contributed by atoms with Gasteiger partial charge >= 0.3 is 0 Å². The molecule has 9 aromatic rings. The van der Waals surface area contributed by atoms with Crippen LogP contribution in [0, 0.1) is 0 Å². The largest absolute Gasteiger partial charge is 0.456 e. The quantitative estimate of drug-likeness (QED) is 0.202. The molecule has 6 heteroatoms. The number of furan rings is 1. The van der Waals surface area contributed by atoms with Crippen LogP contribution < -0.4 is 0 Å². The molecule has 0 saturated carbocycles. The predicted octanol–water partition coefficient (Wildman–Crippen LogP) is 10.5. The van der Waals surface area contributed by atoms with Gasteiger partial charge in [0.25, 0.3) is 0 Å². The maximum Gasteiger partial charge on any atom is 0.164 e. The Morgan fingerprint density at radius 2 is 1.13 bits per heavy atom. The average Bonchev–Trinajstić information content (AvgIpc) is 3.65. The number of nitrogens with zero attached hydrogens (tertiary/aromatic N) is 4. The molecule has 0 fully saturated rings. The van der Waals surface area contributed by atoms with Crippen LogP contribution in [0.2, 0.25) is 5.02 Å². The molecule has 0 radical (unpaired) electrons. The third kappa shape index (κ3) is 4.13. The minimum absolute atomic E-state index is 0.552. The summed E-state index contributed by atoms with van der Waals surface area (Å²) in [5, 5.41) is 4.71. The van der Waals surface area contributed by atoms with Crippen molar-refractivity contribution in [2.75, 3.05) is 0 Å². The van der Waals surface area contributed by atoms with E-state index in [1.54, 1.807) is 0 Å². The van der Waals surface area contributed by atoms with E-state index in [1.165, 1.54) is 10.8 Å². The number of fused-ring (bicyclic) bond motifs is 6. The zero-order chi connectivity index (χ0) is 29.9. The van der Waals surface area contributed by atoms with Crippen LogP contribution in [0.4, 0.5) is 0 Å². The molecular formula is C39H23ClN4O. The Labute approximate surface area is 263 Å². The first-order chi connectivity index (χ1) is 22.2. The Bertz CT molecular complexity index is 2550. The third-order valence-corrected chi connectivity index (χ3v) is 8.64. The molecule has 212 valence electrons. The second-order valence-electron chi connectivity index (χ2n) is 11.0. The molecule has 0 aliphatic heterocycles. The van der Waals surface area contributed by atoms with E-state index in [-0.39, 0.29) is 0 Å². The lowest BCUT2D eigenvalue weighted by atomic mass is 10.0. The van der Waals surface area contributed by atoms with Crippen molar-refractivity contribution in [3.63, 3.8) is 0 Å². The maximum atomic E-state index is 6.73. The molecule has 0 bridgehead atoms. The average molecular weight is 599 g/mol. The van der Waals surface area contributed by atoms with Gasteiger partial charge in [0, 0.05) is 43.9 Å². The van der Waals surface area contributed by atoms with Gasteiger partial charge in [-0.2, -0.15) is 0 Å². The SMILES string of the molecule is Clc1cccc2oc3cccc(-c4nc(-c5ccccc5)nc(-c5ccc6c7ccccc7n(-c7ccccc7)c6c5)n4)c3c12. The van der Waals surface area contributed by atoms with E-state index in [9.17, 15) is 0 Å². The highest BCUT2D eigenvalue weighted by molar-refractivity contribution is 6.38. The first-order valence-electron chi connectivity index (χ1n) is 14.7. The van der Waals surface area contributed by atoms with Gasteiger partial charge in [-0.15, -0.1) is 0 Å². The Kier molecular flexibility index (Phi) is 5.80. The topological polar surface area (TPSA) is 56.7 Å². The molecule has 45 heavy (non-hydrogen) atoms. The zero-order valence-corrected chi connectivity index (χ0v) is 24.6. The molecule has 0 aliphatic rings. The van der Waals surface area contributed by atoms with Crippen LogP contribution >= 0.6 is 11.6 Å². The van der Waals surface area contributed by atoms with Gasteiger partial charge in [-0.1, -0.05) is 109 Å². The molecule has 9 rings (SSSR count). The minimum Gasteiger partial charge on any atom is -0.456 e. The molecule has 0 amide bonds. The van der Waals surface area contributed by atoms with Crippen LogP contribution in [-0.2, 0) is 0 Å². The second kappa shape index (κ2) is 10.2. The van der Waals surface area contributed by atoms with Crippen LogP contribution in [-0.4, -0.2) is 19.5 Å². The number of benzene rings is 6. The fourth-order valence-electron chi connectivity index (χ4n) is 6.32. The van der Waals surface area contributed by atoms with Crippen molar-refractivity contribution in [3.05, 3.63) is 145 Å². The van der Waals surface area contributed by atoms with Crippen molar-refractivity contribution >= 4 is 55.3 Å². The highest BCUT2D eigenvalue weighted by Gasteiger charge is 2.20. The van der Waals surface area contributed by atoms with Gasteiger partial charge in [0.15, 0.2) is 17.5 Å². The first-order valence-corrected chi connectivity index (χ1v) is 15.1. The molecule has 0 saturated heterocycles. The van der Waals surface area contributed by atoms with Crippen molar-refractivity contribution in [2.45, 2.75) is 0 Å². The smallest absolute Gasteiger partial charge is 0.164 e. The summed E-state index contributed by atoms with van der Waals surface area (Å²) in [6.07, 6.45) is 0. The lowest BCUT2D eigenvalue weighted by Crippen LogP contribution is -2.01. The second-order valence-corrected chi connectivity index (χ2v) is 11.4. The number of hydrogen-bond donors (Lipinski definition) is 0. The first kappa shape index (κ1) is 25.7. The lowest BCUT2D eigenvalue weighted by Gasteiger charge is -2.11. The van der Waals surface area contributed by atoms with Gasteiger partial charge in [-0.3, -0.25) is 0 Å². The minimum atomic E-state index is 0.552. The summed E-state index contributed by atoms with van der Waals surface area (Å²) in [5.41, 5.74) is 7.41. The summed E-state index contributed by atoms with van der Waals surface area (Å²) in [5.74, 6) is 1.73. The van der Waals surface area contributed by atoms with Crippen molar-refractivity contribution < 1.29 is 4.42 Å². The summed E-state index contributed by atoms with van der Waals surface area (Å²) < 4.78 is 8.50. The summed E-state index contributed by atoms with van der Waals surface area (Å²) in [4.78, 5) is 15.2. The molecule has 0 unspecified atom stereocenters. The molecule has 0 N–H and O–H groups in total. The van der Waals surface area contributed by atoms with Crippen LogP contribution in [0.15, 0.2) is 144 Å². The van der Waals surface area contributed by atoms with E-state index in [2.05, 4.69) is 71.3 Å². The van der Waals surface area contributed by atoms with E-state index >= 15 is 0 Å². The Morgan fingerprint density at radius 1 is 0.489 bits per heavy atom. The van der Waals surface area contributed by atoms with E-state index in [4.69, 9.17) is 31.0 Å². The maximum absolute atomic E-state index is 6.73. The standard InChI is InChI=1S/C39H23ClN4O/c40-30-17-10-20-34-36(30)35-29(16-9-19-33(35)45-34)39-42-37(24-11-3-1-4-12-24)41-38(43-39)25-21-22-28-27-15-7-8-18-31(27)44(32(28)23-25)26-13-5-2-6-14-26/h1-23H. The van der Waals surface area contributed by atoms with Gasteiger partial charge in [0.2, 0.25) is 0 Å². The molecule has 3 heterocycles. The summed E-state index contributed by atoms with van der Waals surface area (Å²) in [6.45, 7) is 0. The number of aromatic nitrogens is 4. The monoisotopic (exact) mass is 598 g/mol. The Balaban J connectivity index is 1.32. The van der Waals surface area contributed by atoms with Crippen LogP contribution in [0.5, 0.6) is 0 Å². The van der Waals surface area contributed by atoms with Crippen molar-refractivity contribution in [2.24, 2.45) is 0 Å². The zero-order valence-electron chi connectivity index (χ0n) is 23.9. The summed E-state index contributed by atoms with van der Waals surface area (Å²) in [7, 11) is 0. The Hall–Kier alpha value is -5.78. The summed E-state index contributed by atoms with van der Waals surface area (Å²) in [6, 6.07) is 47.0. The predicted molar refractivity (Wildman–Crippen MR) is 183 cm³/mol. The number of halogens is 1. The lowest BCUT2D eigenvalue weighted by molar-refractivity contribution is 0.669. The van der Waals surface area contributed by atoms with E-state index in [0.717, 1.165) is 55.3 Å². The van der Waals surface area contributed by atoms with Gasteiger partial charge in [-0.05, 0) is 42.5 Å². The molecular weight excluding hydrogens is 576 g/mol. The third-order valence-electron chi connectivity index (χ3n) is 8.33. The van der Waals surface area contributed by atoms with Crippen molar-refractivity contribution in [3.8, 4) is 39.9 Å². The van der Waals surface area contributed by atoms with E-state index < -0.39 is 0 Å². The van der Waals surface area contributed by atoms with Crippen LogP contribution in [0.25, 0.3) is 83.6 Å². The van der Waals surface area contributed by atoms with Crippen molar-refractivity contribution in [1.29, 1.82) is 0 Å². The van der Waals surface area contributed by atoms with Crippen molar-refractivity contribution in [1.82, 2.24) is 19.5 Å². The molecule has 3 aromatic heterocycles. The normalized spacial score (nSPS) is 11.7. The number of hydrogen-bond acceptors (Lipinski definition) is 4. The van der Waals surface area contributed by atoms with Gasteiger partial charge in [0.1, 0.15) is 11.2 Å². The number of para-hydroxylation sites is 2. The summed E-state index contributed by atoms with van der Waals surface area (Å²) >= 11 is 6.73. The highest BCUT2D eigenvalue weighted by atomic mass is 35.5.